The van der Waals surface area contributed by atoms with Gasteiger partial charge in [-0.1, -0.05) is 12.8 Å². The zero-order chi connectivity index (χ0) is 9.19. The summed E-state index contributed by atoms with van der Waals surface area (Å²) in [6.07, 6.45) is 9.18. The Morgan fingerprint density at radius 1 is 1.50 bits per heavy atom. The molecule has 0 aromatic heterocycles. The molecule has 0 spiro atoms. The van der Waals surface area contributed by atoms with Gasteiger partial charge in [-0.25, -0.2) is 0 Å². The third kappa shape index (κ3) is 2.01. The van der Waals surface area contributed by atoms with E-state index >= 15 is 0 Å². The number of nitrogens with zero attached hydrogens (tertiary/aromatic N) is 1. The van der Waals surface area contributed by atoms with Gasteiger partial charge in [0.2, 0.25) is 0 Å². The van der Waals surface area contributed by atoms with Crippen LogP contribution in [0, 0.1) is 23.7 Å². The highest BCUT2D eigenvalue weighted by molar-refractivity contribution is 5.12. The Kier molecular flexibility index (Phi) is 2.80. The Morgan fingerprint density at radius 3 is 2.42 bits per heavy atom. The van der Waals surface area contributed by atoms with Crippen LogP contribution in [-0.2, 0) is 0 Å². The number of rotatable bonds is 3. The summed E-state index contributed by atoms with van der Waals surface area (Å²) in [4.78, 5) is 2.21. The highest BCUT2D eigenvalue weighted by Crippen LogP contribution is 2.47. The van der Waals surface area contributed by atoms with E-state index in [4.69, 9.17) is 6.42 Å². The molecule has 0 heterocycles. The van der Waals surface area contributed by atoms with Gasteiger partial charge in [0.25, 0.3) is 0 Å². The largest absolute Gasteiger partial charge is 0.309 e. The van der Waals surface area contributed by atoms with Crippen LogP contribution in [0.15, 0.2) is 0 Å². The van der Waals surface area contributed by atoms with Gasteiger partial charge >= 0.3 is 0 Å². The average molecular weight is 165 g/mol. The normalized spacial score (nSPS) is 34.4. The zero-order valence-corrected chi connectivity index (χ0v) is 8.43. The molecular weight excluding hydrogens is 146 g/mol. The highest BCUT2D eigenvalue weighted by Gasteiger charge is 2.39. The molecule has 0 N–H and O–H groups in total. The Morgan fingerprint density at radius 2 is 2.08 bits per heavy atom. The molecule has 0 radical (unpaired) electrons. The van der Waals surface area contributed by atoms with Gasteiger partial charge in [0.1, 0.15) is 0 Å². The molecule has 1 rings (SSSR count). The van der Waals surface area contributed by atoms with E-state index in [2.05, 4.69) is 31.8 Å². The van der Waals surface area contributed by atoms with Gasteiger partial charge < -0.3 is 4.90 Å². The van der Waals surface area contributed by atoms with Crippen LogP contribution in [0.5, 0.6) is 0 Å². The van der Waals surface area contributed by atoms with Crippen LogP contribution in [0.25, 0.3) is 0 Å². The summed E-state index contributed by atoms with van der Waals surface area (Å²) in [6.45, 7) is 3.40. The van der Waals surface area contributed by atoms with E-state index in [0.717, 1.165) is 12.5 Å². The van der Waals surface area contributed by atoms with Crippen LogP contribution in [-0.4, -0.2) is 25.5 Å². The standard InChI is InChI=1S/C11H19N/c1-5-11(6-7-12(3)4)8-10(2)9-11/h1,10H,6-9H2,2-4H3. The van der Waals surface area contributed by atoms with Gasteiger partial charge in [0.15, 0.2) is 0 Å². The van der Waals surface area contributed by atoms with Crippen LogP contribution in [0.1, 0.15) is 26.2 Å². The van der Waals surface area contributed by atoms with E-state index < -0.39 is 0 Å². The van der Waals surface area contributed by atoms with Crippen LogP contribution in [0.2, 0.25) is 0 Å². The van der Waals surface area contributed by atoms with Gasteiger partial charge in [-0.2, -0.15) is 0 Å². The maximum Gasteiger partial charge on any atom is 0.0329 e. The van der Waals surface area contributed by atoms with Gasteiger partial charge in [-0.15, -0.1) is 6.42 Å². The summed E-state index contributed by atoms with van der Waals surface area (Å²) < 4.78 is 0. The van der Waals surface area contributed by atoms with Crippen molar-refractivity contribution in [3.63, 3.8) is 0 Å². The summed E-state index contributed by atoms with van der Waals surface area (Å²) >= 11 is 0. The van der Waals surface area contributed by atoms with Gasteiger partial charge in [-0.05, 0) is 45.8 Å². The number of hydrogen-bond acceptors (Lipinski definition) is 1. The topological polar surface area (TPSA) is 3.24 Å². The van der Waals surface area contributed by atoms with Crippen molar-refractivity contribution >= 4 is 0 Å². The Balaban J connectivity index is 2.34. The Bertz CT molecular complexity index is 182. The molecule has 0 unspecified atom stereocenters. The summed E-state index contributed by atoms with van der Waals surface area (Å²) in [5.41, 5.74) is 0.254. The van der Waals surface area contributed by atoms with E-state index in [9.17, 15) is 0 Å². The zero-order valence-electron chi connectivity index (χ0n) is 8.43. The molecule has 1 saturated carbocycles. The summed E-state index contributed by atoms with van der Waals surface area (Å²) in [5, 5.41) is 0. The van der Waals surface area contributed by atoms with Gasteiger partial charge in [-0.3, -0.25) is 0 Å². The van der Waals surface area contributed by atoms with E-state index in [-0.39, 0.29) is 5.41 Å². The second-order valence-corrected chi connectivity index (χ2v) is 4.49. The molecule has 1 aliphatic rings. The number of hydrogen-bond donors (Lipinski definition) is 0. The van der Waals surface area contributed by atoms with Crippen LogP contribution >= 0.6 is 0 Å². The van der Waals surface area contributed by atoms with E-state index in [1.165, 1.54) is 19.3 Å². The Hall–Kier alpha value is -0.480. The molecule has 1 aliphatic carbocycles. The first-order chi connectivity index (χ1) is 5.58. The van der Waals surface area contributed by atoms with Crippen LogP contribution < -0.4 is 0 Å². The molecule has 12 heavy (non-hydrogen) atoms. The van der Waals surface area contributed by atoms with Crippen molar-refractivity contribution in [2.75, 3.05) is 20.6 Å². The fourth-order valence-corrected chi connectivity index (χ4v) is 2.11. The molecule has 0 saturated heterocycles. The third-order valence-corrected chi connectivity index (χ3v) is 2.82. The molecule has 1 fully saturated rings. The molecule has 0 aliphatic heterocycles. The first kappa shape index (κ1) is 9.61. The monoisotopic (exact) mass is 165 g/mol. The van der Waals surface area contributed by atoms with Crippen LogP contribution in [0.4, 0.5) is 0 Å². The molecule has 0 bridgehead atoms. The summed E-state index contributed by atoms with van der Waals surface area (Å²) in [6, 6.07) is 0. The fourth-order valence-electron chi connectivity index (χ4n) is 2.11. The second kappa shape index (κ2) is 3.49. The SMILES string of the molecule is C#CC1(CCN(C)C)CC(C)C1. The molecule has 1 heteroatoms. The lowest BCUT2D eigenvalue weighted by Gasteiger charge is -2.43. The Labute approximate surface area is 76.1 Å². The van der Waals surface area contributed by atoms with Gasteiger partial charge in [0.05, 0.1) is 0 Å². The molecule has 0 amide bonds. The van der Waals surface area contributed by atoms with Crippen molar-refractivity contribution in [2.45, 2.75) is 26.2 Å². The minimum absolute atomic E-state index is 0.254. The van der Waals surface area contributed by atoms with Crippen molar-refractivity contribution in [3.8, 4) is 12.3 Å². The fraction of sp³-hybridized carbons (Fsp3) is 0.818. The molecule has 1 nitrogen and oxygen atoms in total. The second-order valence-electron chi connectivity index (χ2n) is 4.49. The highest BCUT2D eigenvalue weighted by atomic mass is 15.0. The lowest BCUT2D eigenvalue weighted by Crippen LogP contribution is -2.37. The number of terminal acetylenes is 1. The molecule has 0 aromatic carbocycles. The smallest absolute Gasteiger partial charge is 0.0329 e. The average Bonchev–Trinajstić information content (AvgIpc) is 1.95. The molecule has 0 atom stereocenters. The lowest BCUT2D eigenvalue weighted by molar-refractivity contribution is 0.111. The maximum absolute atomic E-state index is 5.55. The van der Waals surface area contributed by atoms with Gasteiger partial charge in [0, 0.05) is 5.41 Å². The van der Waals surface area contributed by atoms with E-state index in [1.807, 2.05) is 0 Å². The van der Waals surface area contributed by atoms with E-state index in [1.54, 1.807) is 0 Å². The maximum atomic E-state index is 5.55. The first-order valence-electron chi connectivity index (χ1n) is 4.70. The summed E-state index contributed by atoms with van der Waals surface area (Å²) in [5.74, 6) is 3.82. The minimum atomic E-state index is 0.254. The van der Waals surface area contributed by atoms with Crippen molar-refractivity contribution in [1.82, 2.24) is 4.90 Å². The van der Waals surface area contributed by atoms with Crippen molar-refractivity contribution < 1.29 is 0 Å². The first-order valence-corrected chi connectivity index (χ1v) is 4.70. The van der Waals surface area contributed by atoms with E-state index in [0.29, 0.717) is 0 Å². The quantitative estimate of drug-likeness (QED) is 0.578. The van der Waals surface area contributed by atoms with Crippen molar-refractivity contribution in [1.29, 1.82) is 0 Å². The third-order valence-electron chi connectivity index (χ3n) is 2.82. The summed E-state index contributed by atoms with van der Waals surface area (Å²) in [7, 11) is 4.21. The van der Waals surface area contributed by atoms with Crippen molar-refractivity contribution in [3.05, 3.63) is 0 Å². The molecular formula is C11H19N. The predicted molar refractivity (Wildman–Crippen MR) is 52.8 cm³/mol. The van der Waals surface area contributed by atoms with Crippen LogP contribution in [0.3, 0.4) is 0 Å². The predicted octanol–water partition coefficient (Wildman–Crippen LogP) is 1.99. The molecule has 0 aromatic rings. The van der Waals surface area contributed by atoms with Crippen molar-refractivity contribution in [2.24, 2.45) is 11.3 Å². The lowest BCUT2D eigenvalue weighted by atomic mass is 9.61. The molecule has 68 valence electrons. The minimum Gasteiger partial charge on any atom is -0.309 e.